The fourth-order valence-electron chi connectivity index (χ4n) is 1.94. The van der Waals surface area contributed by atoms with Gasteiger partial charge in [-0.2, -0.15) is 0 Å². The number of hydrogen-bond acceptors (Lipinski definition) is 3. The monoisotopic (exact) mass is 375 g/mol. The zero-order chi connectivity index (χ0) is 15.0. The predicted octanol–water partition coefficient (Wildman–Crippen LogP) is 5.04. The number of anilines is 1. The smallest absolute Gasteiger partial charge is 0.395 e. The van der Waals surface area contributed by atoms with Gasteiger partial charge in [-0.25, -0.2) is 0 Å². The average Bonchev–Trinajstić information content (AvgIpc) is 2.72. The number of alkyl halides is 2. The number of halogens is 4. The lowest BCUT2D eigenvalue weighted by Crippen LogP contribution is -2.25. The Labute approximate surface area is 132 Å². The van der Waals surface area contributed by atoms with E-state index >= 15 is 0 Å². The fraction of sp³-hybridized carbons (Fsp3) is 0.143. The van der Waals surface area contributed by atoms with Crippen LogP contribution in [0.1, 0.15) is 5.56 Å². The first-order chi connectivity index (χ1) is 9.93. The number of benzene rings is 2. The van der Waals surface area contributed by atoms with Crippen molar-refractivity contribution in [3.05, 3.63) is 51.5 Å². The molecule has 0 radical (unpaired) electrons. The summed E-state index contributed by atoms with van der Waals surface area (Å²) in [6.45, 7) is 0.453. The molecule has 2 aromatic rings. The summed E-state index contributed by atoms with van der Waals surface area (Å²) in [5.74, 6) is 0.0244. The van der Waals surface area contributed by atoms with Crippen LogP contribution in [-0.4, -0.2) is 6.29 Å². The third-order valence-corrected chi connectivity index (χ3v) is 3.75. The molecule has 0 unspecified atom stereocenters. The van der Waals surface area contributed by atoms with Crippen molar-refractivity contribution in [2.75, 3.05) is 5.32 Å². The molecule has 3 rings (SSSR count). The highest BCUT2D eigenvalue weighted by molar-refractivity contribution is 9.10. The maximum Gasteiger partial charge on any atom is 0.586 e. The first-order valence-corrected chi connectivity index (χ1v) is 7.18. The maximum atomic E-state index is 12.9. The lowest BCUT2D eigenvalue weighted by Gasteiger charge is -2.09. The normalized spacial score (nSPS) is 15.0. The second-order valence-corrected chi connectivity index (χ2v) is 5.74. The Morgan fingerprint density at radius 1 is 1.10 bits per heavy atom. The lowest BCUT2D eigenvalue weighted by atomic mass is 10.2. The number of hydrogen-bond donors (Lipinski definition) is 1. The molecule has 0 aliphatic carbocycles. The van der Waals surface area contributed by atoms with Crippen LogP contribution in [0.5, 0.6) is 11.5 Å². The summed E-state index contributed by atoms with van der Waals surface area (Å²) in [6.07, 6.45) is -3.60. The van der Waals surface area contributed by atoms with E-state index in [-0.39, 0.29) is 11.5 Å². The van der Waals surface area contributed by atoms with Crippen LogP contribution in [0.3, 0.4) is 0 Å². The first kappa shape index (κ1) is 14.4. The van der Waals surface area contributed by atoms with Gasteiger partial charge in [0.15, 0.2) is 11.5 Å². The van der Waals surface area contributed by atoms with E-state index in [1.54, 1.807) is 12.1 Å². The van der Waals surface area contributed by atoms with Gasteiger partial charge in [0.1, 0.15) is 0 Å². The van der Waals surface area contributed by atoms with E-state index in [2.05, 4.69) is 30.7 Å². The van der Waals surface area contributed by atoms with Crippen molar-refractivity contribution >= 4 is 33.2 Å². The van der Waals surface area contributed by atoms with Crippen molar-refractivity contribution in [2.45, 2.75) is 12.8 Å². The molecule has 110 valence electrons. The third-order valence-electron chi connectivity index (χ3n) is 2.89. The quantitative estimate of drug-likeness (QED) is 0.814. The van der Waals surface area contributed by atoms with Gasteiger partial charge in [-0.3, -0.25) is 0 Å². The van der Waals surface area contributed by atoms with E-state index in [9.17, 15) is 8.78 Å². The second-order valence-electron chi connectivity index (χ2n) is 4.42. The molecule has 0 saturated heterocycles. The summed E-state index contributed by atoms with van der Waals surface area (Å²) >= 11 is 9.46. The molecule has 0 atom stereocenters. The van der Waals surface area contributed by atoms with Crippen LogP contribution in [0.15, 0.2) is 40.9 Å². The van der Waals surface area contributed by atoms with Crippen molar-refractivity contribution < 1.29 is 18.3 Å². The van der Waals surface area contributed by atoms with E-state index in [0.29, 0.717) is 17.3 Å². The number of nitrogens with one attached hydrogen (secondary N) is 1. The molecule has 0 bridgehead atoms. The molecule has 21 heavy (non-hydrogen) atoms. The van der Waals surface area contributed by atoms with E-state index < -0.39 is 6.29 Å². The summed E-state index contributed by atoms with van der Waals surface area (Å²) in [4.78, 5) is 0. The van der Waals surface area contributed by atoms with Crippen LogP contribution >= 0.6 is 27.5 Å². The summed E-state index contributed by atoms with van der Waals surface area (Å²) in [5, 5.41) is 3.72. The molecule has 0 saturated carbocycles. The molecule has 7 heteroatoms. The van der Waals surface area contributed by atoms with Crippen molar-refractivity contribution in [1.82, 2.24) is 0 Å². The molecule has 1 aliphatic rings. The summed E-state index contributed by atoms with van der Waals surface area (Å²) in [7, 11) is 0. The average molecular weight is 377 g/mol. The molecular weight excluding hydrogens is 368 g/mol. The predicted molar refractivity (Wildman–Crippen MR) is 79.1 cm³/mol. The minimum absolute atomic E-state index is 0.00494. The molecule has 1 N–H and O–H groups in total. The van der Waals surface area contributed by atoms with Crippen LogP contribution in [0.4, 0.5) is 14.5 Å². The first-order valence-electron chi connectivity index (χ1n) is 6.01. The number of fused-ring (bicyclic) bond motifs is 1. The fourth-order valence-corrected chi connectivity index (χ4v) is 2.53. The van der Waals surface area contributed by atoms with Crippen LogP contribution in [-0.2, 0) is 6.54 Å². The van der Waals surface area contributed by atoms with Gasteiger partial charge < -0.3 is 14.8 Å². The third kappa shape index (κ3) is 3.22. The Morgan fingerprint density at radius 3 is 2.67 bits per heavy atom. The van der Waals surface area contributed by atoms with Crippen LogP contribution < -0.4 is 14.8 Å². The molecular formula is C14H9BrClF2NO2. The molecule has 0 fully saturated rings. The largest absolute Gasteiger partial charge is 0.586 e. The molecule has 1 heterocycles. The molecule has 0 aromatic heterocycles. The van der Waals surface area contributed by atoms with Crippen molar-refractivity contribution in [1.29, 1.82) is 0 Å². The Balaban J connectivity index is 1.74. The van der Waals surface area contributed by atoms with E-state index in [1.165, 1.54) is 12.1 Å². The highest BCUT2D eigenvalue weighted by atomic mass is 79.9. The zero-order valence-corrected chi connectivity index (χ0v) is 12.8. The summed E-state index contributed by atoms with van der Waals surface area (Å²) in [5.41, 5.74) is 1.51. The molecule has 3 nitrogen and oxygen atoms in total. The Kier molecular flexibility index (Phi) is 3.67. The van der Waals surface area contributed by atoms with Crippen LogP contribution in [0, 0.1) is 0 Å². The Hall–Kier alpha value is -1.53. The zero-order valence-electron chi connectivity index (χ0n) is 10.5. The van der Waals surface area contributed by atoms with Crippen LogP contribution in [0.2, 0.25) is 5.02 Å². The van der Waals surface area contributed by atoms with E-state index in [4.69, 9.17) is 11.6 Å². The SMILES string of the molecule is FC1(F)Oc2ccc(NCc3cc(Br)ccc3Cl)cc2O1. The minimum atomic E-state index is -3.60. The Morgan fingerprint density at radius 2 is 1.86 bits per heavy atom. The lowest BCUT2D eigenvalue weighted by molar-refractivity contribution is -0.286. The second kappa shape index (κ2) is 5.35. The van der Waals surface area contributed by atoms with Gasteiger partial charge in [0, 0.05) is 27.8 Å². The van der Waals surface area contributed by atoms with Crippen molar-refractivity contribution in [2.24, 2.45) is 0 Å². The van der Waals surface area contributed by atoms with E-state index in [0.717, 1.165) is 10.0 Å². The van der Waals surface area contributed by atoms with Crippen molar-refractivity contribution in [3.63, 3.8) is 0 Å². The van der Waals surface area contributed by atoms with Gasteiger partial charge in [0.2, 0.25) is 0 Å². The number of ether oxygens (including phenoxy) is 2. The van der Waals surface area contributed by atoms with Gasteiger partial charge in [0.05, 0.1) is 0 Å². The van der Waals surface area contributed by atoms with Crippen LogP contribution in [0.25, 0.3) is 0 Å². The summed E-state index contributed by atoms with van der Waals surface area (Å²) < 4.78 is 35.5. The van der Waals surface area contributed by atoms with Gasteiger partial charge in [0.25, 0.3) is 0 Å². The molecule has 0 amide bonds. The highest BCUT2D eigenvalue weighted by Crippen LogP contribution is 2.42. The van der Waals surface area contributed by atoms with Gasteiger partial charge in [-0.05, 0) is 35.9 Å². The standard InChI is InChI=1S/C14H9BrClF2NO2/c15-9-1-3-11(16)8(5-9)7-19-10-2-4-12-13(6-10)21-14(17,18)20-12/h1-6,19H,7H2. The van der Waals surface area contributed by atoms with Gasteiger partial charge >= 0.3 is 6.29 Å². The molecule has 1 aliphatic heterocycles. The van der Waals surface area contributed by atoms with E-state index in [1.807, 2.05) is 12.1 Å². The number of rotatable bonds is 3. The Bertz CT molecular complexity index is 697. The molecule has 2 aromatic carbocycles. The summed E-state index contributed by atoms with van der Waals surface area (Å²) in [6, 6.07) is 10.0. The maximum absolute atomic E-state index is 12.9. The van der Waals surface area contributed by atoms with Gasteiger partial charge in [-0.1, -0.05) is 27.5 Å². The van der Waals surface area contributed by atoms with Gasteiger partial charge in [-0.15, -0.1) is 8.78 Å². The van der Waals surface area contributed by atoms with Crippen molar-refractivity contribution in [3.8, 4) is 11.5 Å². The highest BCUT2D eigenvalue weighted by Gasteiger charge is 2.43. The molecule has 0 spiro atoms. The topological polar surface area (TPSA) is 30.5 Å². The minimum Gasteiger partial charge on any atom is -0.395 e.